The van der Waals surface area contributed by atoms with E-state index in [2.05, 4.69) is 9.97 Å². The van der Waals surface area contributed by atoms with Gasteiger partial charge in [-0.3, -0.25) is 4.79 Å². The van der Waals surface area contributed by atoms with Crippen molar-refractivity contribution in [2.75, 3.05) is 5.73 Å². The molecule has 3 rings (SSSR count). The van der Waals surface area contributed by atoms with Crippen LogP contribution in [0.15, 0.2) is 64.5 Å². The lowest BCUT2D eigenvalue weighted by atomic mass is 10.0. The molecule has 0 saturated heterocycles. The van der Waals surface area contributed by atoms with E-state index >= 15 is 0 Å². The summed E-state index contributed by atoms with van der Waals surface area (Å²) in [5.41, 5.74) is 8.19. The largest absolute Gasteiger partial charge is 0.383 e. The third kappa shape index (κ3) is 3.05. The highest BCUT2D eigenvalue weighted by Gasteiger charge is 2.10. The van der Waals surface area contributed by atoms with Crippen LogP contribution in [0.4, 0.5) is 5.82 Å². The molecule has 0 aliphatic heterocycles. The molecule has 0 fully saturated rings. The molecule has 1 aromatic carbocycles. The number of nitrogens with two attached hydrogens (primary N) is 1. The molecule has 0 spiro atoms. The van der Waals surface area contributed by atoms with Gasteiger partial charge in [0.15, 0.2) is 11.1 Å². The summed E-state index contributed by atoms with van der Waals surface area (Å²) in [6.45, 7) is 0. The Morgan fingerprint density at radius 1 is 1.09 bits per heavy atom. The number of H-pyrrole nitrogens is 1. The SMILES string of the molecule is Nc1ncc(-c2ccc(S(=O)O)cc2)cc1-c1ccc[nH]c1=O. The van der Waals surface area contributed by atoms with Crippen molar-refractivity contribution in [1.29, 1.82) is 0 Å². The van der Waals surface area contributed by atoms with E-state index in [0.717, 1.165) is 11.1 Å². The number of nitrogens with one attached hydrogen (secondary N) is 1. The summed E-state index contributed by atoms with van der Waals surface area (Å²) in [5, 5.41) is 0. The van der Waals surface area contributed by atoms with Gasteiger partial charge in [0, 0.05) is 23.5 Å². The van der Waals surface area contributed by atoms with Gasteiger partial charge < -0.3 is 15.3 Å². The monoisotopic (exact) mass is 327 g/mol. The fourth-order valence-corrected chi connectivity index (χ4v) is 2.62. The Hall–Kier alpha value is -2.77. The molecular formula is C16H13N3O3S. The average Bonchev–Trinajstić information content (AvgIpc) is 2.56. The number of anilines is 1. The van der Waals surface area contributed by atoms with Crippen LogP contribution in [-0.4, -0.2) is 18.7 Å². The van der Waals surface area contributed by atoms with Crippen molar-refractivity contribution in [3.8, 4) is 22.3 Å². The highest BCUT2D eigenvalue weighted by molar-refractivity contribution is 7.79. The molecule has 0 radical (unpaired) electrons. The van der Waals surface area contributed by atoms with Gasteiger partial charge in [-0.25, -0.2) is 9.19 Å². The van der Waals surface area contributed by atoms with Gasteiger partial charge in [-0.1, -0.05) is 12.1 Å². The molecule has 0 aliphatic carbocycles. The molecule has 23 heavy (non-hydrogen) atoms. The van der Waals surface area contributed by atoms with Crippen molar-refractivity contribution in [3.63, 3.8) is 0 Å². The lowest BCUT2D eigenvalue weighted by molar-refractivity contribution is 0.564. The molecule has 2 aromatic heterocycles. The van der Waals surface area contributed by atoms with Crippen LogP contribution in [0.2, 0.25) is 0 Å². The molecule has 1 atom stereocenters. The summed E-state index contributed by atoms with van der Waals surface area (Å²) in [6, 6.07) is 11.7. The highest BCUT2D eigenvalue weighted by Crippen LogP contribution is 2.28. The first-order valence-electron chi connectivity index (χ1n) is 6.71. The van der Waals surface area contributed by atoms with E-state index in [-0.39, 0.29) is 11.4 Å². The Kier molecular flexibility index (Phi) is 4.05. The molecule has 7 heteroatoms. The molecule has 0 bridgehead atoms. The van der Waals surface area contributed by atoms with Gasteiger partial charge >= 0.3 is 0 Å². The van der Waals surface area contributed by atoms with Gasteiger partial charge in [-0.15, -0.1) is 0 Å². The Bertz CT molecular complexity index is 936. The lowest BCUT2D eigenvalue weighted by Crippen LogP contribution is -2.09. The van der Waals surface area contributed by atoms with Crippen molar-refractivity contribution in [3.05, 3.63) is 65.2 Å². The van der Waals surface area contributed by atoms with Crippen molar-refractivity contribution < 1.29 is 8.76 Å². The molecule has 0 amide bonds. The van der Waals surface area contributed by atoms with Crippen LogP contribution in [0.25, 0.3) is 22.3 Å². The van der Waals surface area contributed by atoms with Crippen LogP contribution in [-0.2, 0) is 11.1 Å². The second kappa shape index (κ2) is 6.15. The average molecular weight is 327 g/mol. The van der Waals surface area contributed by atoms with E-state index in [4.69, 9.17) is 10.3 Å². The van der Waals surface area contributed by atoms with E-state index in [1.807, 2.05) is 0 Å². The second-order valence-electron chi connectivity index (χ2n) is 4.84. The maximum atomic E-state index is 11.9. The van der Waals surface area contributed by atoms with Gasteiger partial charge in [0.1, 0.15) is 5.82 Å². The number of rotatable bonds is 3. The topological polar surface area (TPSA) is 109 Å². The van der Waals surface area contributed by atoms with Crippen LogP contribution < -0.4 is 11.3 Å². The maximum absolute atomic E-state index is 11.9. The summed E-state index contributed by atoms with van der Waals surface area (Å²) in [6.07, 6.45) is 3.15. The zero-order valence-electron chi connectivity index (χ0n) is 11.9. The summed E-state index contributed by atoms with van der Waals surface area (Å²) in [7, 11) is 0. The third-order valence-corrected chi connectivity index (χ3v) is 4.09. The second-order valence-corrected chi connectivity index (χ2v) is 5.81. The smallest absolute Gasteiger partial charge is 0.255 e. The lowest BCUT2D eigenvalue weighted by Gasteiger charge is -2.08. The van der Waals surface area contributed by atoms with Gasteiger partial charge in [-0.05, 0) is 35.9 Å². The minimum atomic E-state index is -2.02. The van der Waals surface area contributed by atoms with E-state index in [1.165, 1.54) is 0 Å². The number of nitrogens with zero attached hydrogens (tertiary/aromatic N) is 1. The quantitative estimate of drug-likeness (QED) is 0.639. The van der Waals surface area contributed by atoms with E-state index in [1.54, 1.807) is 54.9 Å². The van der Waals surface area contributed by atoms with Crippen molar-refractivity contribution in [2.24, 2.45) is 0 Å². The van der Waals surface area contributed by atoms with Crippen LogP contribution >= 0.6 is 0 Å². The summed E-state index contributed by atoms with van der Waals surface area (Å²) in [4.78, 5) is 19.0. The number of aromatic nitrogens is 2. The van der Waals surface area contributed by atoms with Crippen molar-refractivity contribution >= 4 is 16.9 Å². The predicted octanol–water partition coefficient (Wildman–Crippen LogP) is 2.27. The summed E-state index contributed by atoms with van der Waals surface area (Å²) < 4.78 is 20.1. The molecule has 6 nitrogen and oxygen atoms in total. The van der Waals surface area contributed by atoms with E-state index < -0.39 is 11.1 Å². The molecule has 2 heterocycles. The third-order valence-electron chi connectivity index (χ3n) is 3.42. The number of hydrogen-bond acceptors (Lipinski definition) is 4. The van der Waals surface area contributed by atoms with Gasteiger partial charge in [0.2, 0.25) is 0 Å². The van der Waals surface area contributed by atoms with E-state index in [9.17, 15) is 9.00 Å². The summed E-state index contributed by atoms with van der Waals surface area (Å²) in [5.74, 6) is 0.263. The van der Waals surface area contributed by atoms with Crippen molar-refractivity contribution in [2.45, 2.75) is 4.90 Å². The molecule has 0 saturated carbocycles. The summed E-state index contributed by atoms with van der Waals surface area (Å²) >= 11 is -2.02. The predicted molar refractivity (Wildman–Crippen MR) is 89.2 cm³/mol. The number of hydrogen-bond donors (Lipinski definition) is 3. The van der Waals surface area contributed by atoms with Gasteiger partial charge in [-0.2, -0.15) is 0 Å². The normalized spacial score (nSPS) is 12.0. The molecule has 3 aromatic rings. The minimum absolute atomic E-state index is 0.246. The van der Waals surface area contributed by atoms with Gasteiger partial charge in [0.05, 0.1) is 10.5 Å². The fraction of sp³-hybridized carbons (Fsp3) is 0. The minimum Gasteiger partial charge on any atom is -0.383 e. The van der Waals surface area contributed by atoms with Crippen molar-refractivity contribution in [1.82, 2.24) is 9.97 Å². The maximum Gasteiger partial charge on any atom is 0.255 e. The molecule has 1 unspecified atom stereocenters. The van der Waals surface area contributed by atoms with Crippen LogP contribution in [0.3, 0.4) is 0 Å². The first-order chi connectivity index (χ1) is 11.1. The zero-order chi connectivity index (χ0) is 16.4. The Morgan fingerprint density at radius 2 is 1.83 bits per heavy atom. The Morgan fingerprint density at radius 3 is 2.48 bits per heavy atom. The van der Waals surface area contributed by atoms with Crippen LogP contribution in [0.5, 0.6) is 0 Å². The number of nitrogen functional groups attached to an aromatic ring is 1. The Balaban J connectivity index is 2.09. The molecular weight excluding hydrogens is 314 g/mol. The fourth-order valence-electron chi connectivity index (χ4n) is 2.25. The number of pyridine rings is 2. The molecule has 4 N–H and O–H groups in total. The molecule has 0 aliphatic rings. The standard InChI is InChI=1S/C16H13N3O3S/c17-15-14(13-2-1-7-18-16(13)20)8-11(9-19-15)10-3-5-12(6-4-10)23(21)22/h1-9H,(H2,17,19)(H,18,20)(H,21,22). The first-order valence-corrected chi connectivity index (χ1v) is 7.82. The van der Waals surface area contributed by atoms with Gasteiger partial charge in [0.25, 0.3) is 5.56 Å². The first kappa shape index (κ1) is 15.1. The number of aromatic amines is 1. The van der Waals surface area contributed by atoms with Crippen LogP contribution in [0, 0.1) is 0 Å². The molecule has 116 valence electrons. The zero-order valence-corrected chi connectivity index (χ0v) is 12.7. The highest BCUT2D eigenvalue weighted by atomic mass is 32.2. The Labute approximate surface area is 134 Å². The van der Waals surface area contributed by atoms with Crippen LogP contribution in [0.1, 0.15) is 0 Å². The van der Waals surface area contributed by atoms with E-state index in [0.29, 0.717) is 16.0 Å². The number of benzene rings is 1.